The average Bonchev–Trinajstić information content (AvgIpc) is 2.38. The molecule has 0 bridgehead atoms. The predicted molar refractivity (Wildman–Crippen MR) is 78.4 cm³/mol. The summed E-state index contributed by atoms with van der Waals surface area (Å²) in [6.07, 6.45) is 0. The highest BCUT2D eigenvalue weighted by Gasteiger charge is 2.12. The van der Waals surface area contributed by atoms with Crippen molar-refractivity contribution in [2.75, 3.05) is 11.9 Å². The van der Waals surface area contributed by atoms with E-state index in [0.29, 0.717) is 12.1 Å². The molecule has 0 saturated heterocycles. The summed E-state index contributed by atoms with van der Waals surface area (Å²) in [5, 5.41) is 18.6. The molecule has 0 atom stereocenters. The van der Waals surface area contributed by atoms with E-state index in [1.165, 1.54) is 0 Å². The number of phenols is 1. The Morgan fingerprint density at radius 2 is 1.90 bits per heavy atom. The van der Waals surface area contributed by atoms with Gasteiger partial charge < -0.3 is 15.1 Å². The number of benzene rings is 2. The fourth-order valence-electron chi connectivity index (χ4n) is 2.28. The molecule has 2 rings (SSSR count). The first-order chi connectivity index (χ1) is 9.49. The normalized spacial score (nSPS) is 10.3. The van der Waals surface area contributed by atoms with Crippen molar-refractivity contribution in [3.05, 3.63) is 59.2 Å². The number of carboxylic acid groups (broad SMARTS) is 1. The number of carbonyl (C=O) groups is 1. The van der Waals surface area contributed by atoms with Gasteiger partial charge in [-0.3, -0.25) is 0 Å². The largest absolute Gasteiger partial charge is 0.508 e. The van der Waals surface area contributed by atoms with Gasteiger partial charge in [-0.15, -0.1) is 0 Å². The lowest BCUT2D eigenvalue weighted by molar-refractivity contribution is 0.0695. The second-order valence-electron chi connectivity index (χ2n) is 4.79. The van der Waals surface area contributed by atoms with Crippen LogP contribution in [0.5, 0.6) is 5.75 Å². The molecule has 104 valence electrons. The van der Waals surface area contributed by atoms with E-state index in [9.17, 15) is 15.0 Å². The number of aryl methyl sites for hydroxylation is 1. The highest BCUT2D eigenvalue weighted by atomic mass is 16.4. The summed E-state index contributed by atoms with van der Waals surface area (Å²) in [4.78, 5) is 13.2. The molecule has 0 amide bonds. The summed E-state index contributed by atoms with van der Waals surface area (Å²) in [6.45, 7) is 2.41. The van der Waals surface area contributed by atoms with E-state index in [4.69, 9.17) is 0 Å². The van der Waals surface area contributed by atoms with E-state index in [1.807, 2.05) is 37.1 Å². The van der Waals surface area contributed by atoms with E-state index in [2.05, 4.69) is 0 Å². The van der Waals surface area contributed by atoms with Crippen molar-refractivity contribution in [3.63, 3.8) is 0 Å². The van der Waals surface area contributed by atoms with Gasteiger partial charge in [0.25, 0.3) is 0 Å². The van der Waals surface area contributed by atoms with E-state index in [1.54, 1.807) is 24.3 Å². The Labute approximate surface area is 117 Å². The van der Waals surface area contributed by atoms with Crippen LogP contribution in [0.1, 0.15) is 21.5 Å². The van der Waals surface area contributed by atoms with Crippen molar-refractivity contribution < 1.29 is 15.0 Å². The van der Waals surface area contributed by atoms with Crippen LogP contribution >= 0.6 is 0 Å². The number of nitrogens with zero attached hydrogens (tertiary/aromatic N) is 1. The molecule has 2 aromatic carbocycles. The predicted octanol–water partition coefficient (Wildman–Crippen LogP) is 3.04. The number of carboxylic acids is 1. The number of phenolic OH excluding ortho intramolecular Hbond substituents is 1. The Bertz CT molecular complexity index is 637. The van der Waals surface area contributed by atoms with Crippen LogP contribution in [-0.4, -0.2) is 23.2 Å². The Hall–Kier alpha value is -2.49. The zero-order chi connectivity index (χ0) is 14.7. The molecule has 2 N–H and O–H groups in total. The molecule has 0 aromatic heterocycles. The number of anilines is 1. The first-order valence-electron chi connectivity index (χ1n) is 6.31. The van der Waals surface area contributed by atoms with E-state index in [0.717, 1.165) is 16.8 Å². The minimum absolute atomic E-state index is 0.227. The zero-order valence-electron chi connectivity index (χ0n) is 11.5. The molecule has 4 nitrogen and oxygen atoms in total. The highest BCUT2D eigenvalue weighted by molar-refractivity contribution is 5.89. The van der Waals surface area contributed by atoms with Gasteiger partial charge in [0.1, 0.15) is 5.75 Å². The summed E-state index contributed by atoms with van der Waals surface area (Å²) in [5.74, 6) is -0.693. The van der Waals surface area contributed by atoms with E-state index < -0.39 is 5.97 Å². The molecule has 0 heterocycles. The molecule has 2 aromatic rings. The Kier molecular flexibility index (Phi) is 3.94. The third kappa shape index (κ3) is 2.91. The molecule has 0 aliphatic rings. The van der Waals surface area contributed by atoms with Gasteiger partial charge in [-0.2, -0.15) is 0 Å². The van der Waals surface area contributed by atoms with Crippen LogP contribution in [0, 0.1) is 6.92 Å². The Morgan fingerprint density at radius 3 is 2.55 bits per heavy atom. The number of aromatic hydroxyl groups is 1. The molecule has 0 fully saturated rings. The van der Waals surface area contributed by atoms with Crippen molar-refractivity contribution >= 4 is 11.7 Å². The SMILES string of the molecule is Cc1cc(O)ccc1N(C)Cc1ccccc1C(=O)O. The summed E-state index contributed by atoms with van der Waals surface area (Å²) >= 11 is 0. The van der Waals surface area contributed by atoms with Crippen LogP contribution in [0.3, 0.4) is 0 Å². The van der Waals surface area contributed by atoms with Gasteiger partial charge in [-0.1, -0.05) is 18.2 Å². The van der Waals surface area contributed by atoms with Crippen molar-refractivity contribution in [2.24, 2.45) is 0 Å². The van der Waals surface area contributed by atoms with Crippen molar-refractivity contribution in [3.8, 4) is 5.75 Å². The van der Waals surface area contributed by atoms with Crippen LogP contribution in [0.25, 0.3) is 0 Å². The number of rotatable bonds is 4. The third-order valence-corrected chi connectivity index (χ3v) is 3.25. The third-order valence-electron chi connectivity index (χ3n) is 3.25. The maximum absolute atomic E-state index is 11.2. The van der Waals surface area contributed by atoms with Gasteiger partial charge in [0.05, 0.1) is 5.56 Å². The van der Waals surface area contributed by atoms with Gasteiger partial charge in [-0.05, 0) is 42.3 Å². The average molecular weight is 271 g/mol. The summed E-state index contributed by atoms with van der Waals surface area (Å²) in [5.41, 5.74) is 2.98. The van der Waals surface area contributed by atoms with E-state index in [-0.39, 0.29) is 5.75 Å². The monoisotopic (exact) mass is 271 g/mol. The van der Waals surface area contributed by atoms with Gasteiger partial charge >= 0.3 is 5.97 Å². The van der Waals surface area contributed by atoms with Gasteiger partial charge in [0, 0.05) is 19.3 Å². The van der Waals surface area contributed by atoms with Crippen LogP contribution in [-0.2, 0) is 6.54 Å². The molecular formula is C16H17NO3. The van der Waals surface area contributed by atoms with Crippen molar-refractivity contribution in [1.82, 2.24) is 0 Å². The topological polar surface area (TPSA) is 60.8 Å². The Morgan fingerprint density at radius 1 is 1.20 bits per heavy atom. The second-order valence-corrected chi connectivity index (χ2v) is 4.79. The summed E-state index contributed by atoms with van der Waals surface area (Å²) < 4.78 is 0. The molecule has 0 saturated carbocycles. The smallest absolute Gasteiger partial charge is 0.336 e. The Balaban J connectivity index is 2.28. The maximum atomic E-state index is 11.2. The first kappa shape index (κ1) is 13.9. The molecule has 0 spiro atoms. The molecule has 20 heavy (non-hydrogen) atoms. The number of hydrogen-bond acceptors (Lipinski definition) is 3. The summed E-state index contributed by atoms with van der Waals surface area (Å²) in [6, 6.07) is 12.1. The van der Waals surface area contributed by atoms with Crippen LogP contribution in [0.4, 0.5) is 5.69 Å². The molecule has 0 aliphatic heterocycles. The lowest BCUT2D eigenvalue weighted by atomic mass is 10.1. The number of hydrogen-bond donors (Lipinski definition) is 2. The quantitative estimate of drug-likeness (QED) is 0.897. The van der Waals surface area contributed by atoms with Gasteiger partial charge in [0.15, 0.2) is 0 Å². The fraction of sp³-hybridized carbons (Fsp3) is 0.188. The molecule has 4 heteroatoms. The lowest BCUT2D eigenvalue weighted by Gasteiger charge is -2.22. The first-order valence-corrected chi connectivity index (χ1v) is 6.31. The van der Waals surface area contributed by atoms with Crippen LogP contribution in [0.2, 0.25) is 0 Å². The van der Waals surface area contributed by atoms with Gasteiger partial charge in [-0.25, -0.2) is 4.79 Å². The van der Waals surface area contributed by atoms with Gasteiger partial charge in [0.2, 0.25) is 0 Å². The summed E-state index contributed by atoms with van der Waals surface area (Å²) in [7, 11) is 1.90. The van der Waals surface area contributed by atoms with Crippen molar-refractivity contribution in [2.45, 2.75) is 13.5 Å². The second kappa shape index (κ2) is 5.65. The van der Waals surface area contributed by atoms with E-state index >= 15 is 0 Å². The zero-order valence-corrected chi connectivity index (χ0v) is 11.5. The lowest BCUT2D eigenvalue weighted by Crippen LogP contribution is -2.19. The van der Waals surface area contributed by atoms with Crippen LogP contribution < -0.4 is 4.90 Å². The highest BCUT2D eigenvalue weighted by Crippen LogP contribution is 2.25. The fourth-order valence-corrected chi connectivity index (χ4v) is 2.28. The molecule has 0 unspecified atom stereocenters. The van der Waals surface area contributed by atoms with Crippen LogP contribution in [0.15, 0.2) is 42.5 Å². The maximum Gasteiger partial charge on any atom is 0.336 e. The van der Waals surface area contributed by atoms with Crippen molar-refractivity contribution in [1.29, 1.82) is 0 Å². The standard InChI is InChI=1S/C16H17NO3/c1-11-9-13(18)7-8-15(11)17(2)10-12-5-3-4-6-14(12)16(19)20/h3-9,18H,10H2,1-2H3,(H,19,20). The minimum Gasteiger partial charge on any atom is -0.508 e. The molecule has 0 radical (unpaired) electrons. The molecular weight excluding hydrogens is 254 g/mol. The minimum atomic E-state index is -0.920. The number of aromatic carboxylic acids is 1. The molecule has 0 aliphatic carbocycles.